The van der Waals surface area contributed by atoms with Gasteiger partial charge < -0.3 is 14.6 Å². The van der Waals surface area contributed by atoms with Crippen molar-refractivity contribution in [2.24, 2.45) is 7.05 Å². The van der Waals surface area contributed by atoms with E-state index in [1.807, 2.05) is 33.3 Å². The molecule has 0 aliphatic carbocycles. The van der Waals surface area contributed by atoms with E-state index in [4.69, 9.17) is 5.11 Å². The first-order chi connectivity index (χ1) is 7.99. The summed E-state index contributed by atoms with van der Waals surface area (Å²) in [5.74, 6) is -0.884. The van der Waals surface area contributed by atoms with Crippen molar-refractivity contribution >= 4 is 16.9 Å². The summed E-state index contributed by atoms with van der Waals surface area (Å²) in [6, 6.07) is 7.26. The van der Waals surface area contributed by atoms with Gasteiger partial charge in [0.05, 0.1) is 5.56 Å². The van der Waals surface area contributed by atoms with Gasteiger partial charge in [-0.2, -0.15) is 0 Å². The zero-order valence-corrected chi connectivity index (χ0v) is 10.3. The molecule has 0 spiro atoms. The van der Waals surface area contributed by atoms with Crippen LogP contribution in [0.4, 0.5) is 0 Å². The highest BCUT2D eigenvalue weighted by atomic mass is 16.4. The zero-order chi connectivity index (χ0) is 12.6. The predicted octanol–water partition coefficient (Wildman–Crippen LogP) is 1.94. The minimum absolute atomic E-state index is 0.333. The molecule has 4 heteroatoms. The maximum absolute atomic E-state index is 10.9. The standard InChI is InChI=1S/C13H16N2O2/c1-14(2)8-11-7-10-6-9(13(16)17)4-5-12(10)15(11)3/h4-7H,8H2,1-3H3,(H,16,17). The second-order valence-corrected chi connectivity index (χ2v) is 4.51. The predicted molar refractivity (Wildman–Crippen MR) is 67.3 cm³/mol. The quantitative estimate of drug-likeness (QED) is 0.879. The Bertz CT molecular complexity index is 570. The Morgan fingerprint density at radius 1 is 1.35 bits per heavy atom. The molecule has 2 aromatic rings. The first-order valence-corrected chi connectivity index (χ1v) is 5.45. The fourth-order valence-electron chi connectivity index (χ4n) is 2.02. The molecule has 90 valence electrons. The molecule has 0 amide bonds. The van der Waals surface area contributed by atoms with Crippen molar-refractivity contribution in [3.63, 3.8) is 0 Å². The maximum Gasteiger partial charge on any atom is 0.335 e. The number of benzene rings is 1. The van der Waals surface area contributed by atoms with E-state index in [0.717, 1.165) is 17.4 Å². The van der Waals surface area contributed by atoms with E-state index in [9.17, 15) is 4.79 Å². The van der Waals surface area contributed by atoms with Crippen LogP contribution in [0.15, 0.2) is 24.3 Å². The number of carboxylic acid groups (broad SMARTS) is 1. The van der Waals surface area contributed by atoms with Crippen LogP contribution in [-0.4, -0.2) is 34.6 Å². The topological polar surface area (TPSA) is 45.5 Å². The molecule has 0 radical (unpaired) electrons. The van der Waals surface area contributed by atoms with E-state index in [-0.39, 0.29) is 0 Å². The van der Waals surface area contributed by atoms with Crippen molar-refractivity contribution in [2.75, 3.05) is 14.1 Å². The summed E-state index contributed by atoms with van der Waals surface area (Å²) in [5.41, 5.74) is 2.57. The van der Waals surface area contributed by atoms with Crippen LogP contribution in [0.3, 0.4) is 0 Å². The van der Waals surface area contributed by atoms with E-state index in [1.165, 1.54) is 5.69 Å². The summed E-state index contributed by atoms with van der Waals surface area (Å²) in [5, 5.41) is 9.93. The van der Waals surface area contributed by atoms with Crippen molar-refractivity contribution in [3.05, 3.63) is 35.5 Å². The lowest BCUT2D eigenvalue weighted by Gasteiger charge is -2.10. The Balaban J connectivity index is 2.53. The Kier molecular flexibility index (Phi) is 2.90. The van der Waals surface area contributed by atoms with Crippen LogP contribution in [-0.2, 0) is 13.6 Å². The van der Waals surface area contributed by atoms with E-state index < -0.39 is 5.97 Å². The fraction of sp³-hybridized carbons (Fsp3) is 0.308. The highest BCUT2D eigenvalue weighted by Crippen LogP contribution is 2.21. The number of aryl methyl sites for hydroxylation is 1. The molecule has 1 heterocycles. The minimum Gasteiger partial charge on any atom is -0.478 e. The lowest BCUT2D eigenvalue weighted by atomic mass is 10.1. The molecule has 0 bridgehead atoms. The van der Waals surface area contributed by atoms with Gasteiger partial charge in [-0.1, -0.05) is 0 Å². The Labute approximate surface area is 100 Å². The third-order valence-electron chi connectivity index (χ3n) is 2.87. The summed E-state index contributed by atoms with van der Waals surface area (Å²) in [6.45, 7) is 0.841. The molecule has 0 aliphatic heterocycles. The molecule has 4 nitrogen and oxygen atoms in total. The Morgan fingerprint density at radius 3 is 2.65 bits per heavy atom. The molecule has 0 fully saturated rings. The molecule has 1 aromatic carbocycles. The van der Waals surface area contributed by atoms with Gasteiger partial charge >= 0.3 is 5.97 Å². The van der Waals surface area contributed by atoms with Crippen LogP contribution in [0.25, 0.3) is 10.9 Å². The Morgan fingerprint density at radius 2 is 2.06 bits per heavy atom. The first-order valence-electron chi connectivity index (χ1n) is 5.45. The molecule has 0 saturated carbocycles. The summed E-state index contributed by atoms with van der Waals surface area (Å²) in [6.07, 6.45) is 0. The maximum atomic E-state index is 10.9. The summed E-state index contributed by atoms with van der Waals surface area (Å²) >= 11 is 0. The molecule has 0 aliphatic rings. The summed E-state index contributed by atoms with van der Waals surface area (Å²) in [7, 11) is 6.03. The molecular formula is C13H16N2O2. The largest absolute Gasteiger partial charge is 0.478 e. The molecule has 0 saturated heterocycles. The van der Waals surface area contributed by atoms with Crippen LogP contribution < -0.4 is 0 Å². The van der Waals surface area contributed by atoms with Crippen LogP contribution >= 0.6 is 0 Å². The van der Waals surface area contributed by atoms with Gasteiger partial charge in [-0.3, -0.25) is 0 Å². The van der Waals surface area contributed by atoms with Gasteiger partial charge in [0.15, 0.2) is 0 Å². The van der Waals surface area contributed by atoms with Crippen molar-refractivity contribution in [1.29, 1.82) is 0 Å². The fourth-order valence-corrected chi connectivity index (χ4v) is 2.02. The normalized spacial score (nSPS) is 11.3. The number of nitrogens with zero attached hydrogens (tertiary/aromatic N) is 2. The molecule has 1 aromatic heterocycles. The lowest BCUT2D eigenvalue weighted by molar-refractivity contribution is 0.0697. The molecule has 17 heavy (non-hydrogen) atoms. The van der Waals surface area contributed by atoms with Gasteiger partial charge in [-0.05, 0) is 38.4 Å². The van der Waals surface area contributed by atoms with Crippen molar-refractivity contribution in [1.82, 2.24) is 9.47 Å². The highest BCUT2D eigenvalue weighted by molar-refractivity contribution is 5.93. The van der Waals surface area contributed by atoms with Crippen LogP contribution in [0.1, 0.15) is 16.1 Å². The number of aromatic nitrogens is 1. The molecule has 0 unspecified atom stereocenters. The first kappa shape index (κ1) is 11.7. The zero-order valence-electron chi connectivity index (χ0n) is 10.3. The summed E-state index contributed by atoms with van der Waals surface area (Å²) in [4.78, 5) is 13.0. The van der Waals surface area contributed by atoms with Crippen molar-refractivity contribution in [3.8, 4) is 0 Å². The van der Waals surface area contributed by atoms with Gasteiger partial charge in [0, 0.05) is 30.2 Å². The number of carbonyl (C=O) groups is 1. The number of aromatic carboxylic acids is 1. The number of carboxylic acids is 1. The van der Waals surface area contributed by atoms with Crippen LogP contribution in [0.2, 0.25) is 0 Å². The SMILES string of the molecule is CN(C)Cc1cc2cc(C(=O)O)ccc2n1C. The van der Waals surface area contributed by atoms with Gasteiger partial charge in [0.25, 0.3) is 0 Å². The Hall–Kier alpha value is -1.81. The highest BCUT2D eigenvalue weighted by Gasteiger charge is 2.09. The van der Waals surface area contributed by atoms with Gasteiger partial charge in [0.1, 0.15) is 0 Å². The molecule has 1 N–H and O–H groups in total. The third kappa shape index (κ3) is 2.17. The van der Waals surface area contributed by atoms with Gasteiger partial charge in [0.2, 0.25) is 0 Å². The van der Waals surface area contributed by atoms with E-state index in [0.29, 0.717) is 5.56 Å². The van der Waals surface area contributed by atoms with Crippen LogP contribution in [0.5, 0.6) is 0 Å². The smallest absolute Gasteiger partial charge is 0.335 e. The van der Waals surface area contributed by atoms with E-state index in [2.05, 4.69) is 9.47 Å². The van der Waals surface area contributed by atoms with Gasteiger partial charge in [-0.15, -0.1) is 0 Å². The molecular weight excluding hydrogens is 216 g/mol. The number of hydrogen-bond donors (Lipinski definition) is 1. The van der Waals surface area contributed by atoms with Gasteiger partial charge in [-0.25, -0.2) is 4.79 Å². The molecule has 0 atom stereocenters. The summed E-state index contributed by atoms with van der Waals surface area (Å²) < 4.78 is 2.10. The van der Waals surface area contributed by atoms with E-state index in [1.54, 1.807) is 12.1 Å². The monoisotopic (exact) mass is 232 g/mol. The van der Waals surface area contributed by atoms with Crippen molar-refractivity contribution < 1.29 is 9.90 Å². The lowest BCUT2D eigenvalue weighted by Crippen LogP contribution is -2.13. The average Bonchev–Trinajstić information content (AvgIpc) is 2.54. The van der Waals surface area contributed by atoms with Crippen molar-refractivity contribution in [2.45, 2.75) is 6.54 Å². The minimum atomic E-state index is -0.884. The van der Waals surface area contributed by atoms with Crippen LogP contribution in [0, 0.1) is 0 Å². The third-order valence-corrected chi connectivity index (χ3v) is 2.87. The molecule has 2 rings (SSSR count). The number of fused-ring (bicyclic) bond motifs is 1. The second-order valence-electron chi connectivity index (χ2n) is 4.51. The number of hydrogen-bond acceptors (Lipinski definition) is 2. The number of rotatable bonds is 3. The second kappa shape index (κ2) is 4.22. The van der Waals surface area contributed by atoms with E-state index >= 15 is 0 Å². The average molecular weight is 232 g/mol.